The van der Waals surface area contributed by atoms with Crippen LogP contribution in [0.2, 0.25) is 5.02 Å². The van der Waals surface area contributed by atoms with Crippen molar-refractivity contribution in [1.82, 2.24) is 4.90 Å². The lowest BCUT2D eigenvalue weighted by Gasteiger charge is -2.33. The largest absolute Gasteiger partial charge is 0.340 e. The molecule has 1 aliphatic heterocycles. The lowest BCUT2D eigenvalue weighted by molar-refractivity contribution is -0.133. The Morgan fingerprint density at radius 2 is 2.28 bits per heavy atom. The molecule has 98 valence electrons. The molecular weight excluding hydrogens is 253 g/mol. The molecule has 18 heavy (non-hydrogen) atoms. The second kappa shape index (κ2) is 5.70. The van der Waals surface area contributed by atoms with Crippen LogP contribution in [0.3, 0.4) is 0 Å². The predicted molar refractivity (Wildman–Crippen MR) is 70.1 cm³/mol. The van der Waals surface area contributed by atoms with Crippen molar-refractivity contribution in [3.05, 3.63) is 34.6 Å². The maximum Gasteiger partial charge on any atom is 0.227 e. The van der Waals surface area contributed by atoms with E-state index in [1.165, 1.54) is 6.07 Å². The van der Waals surface area contributed by atoms with Crippen LogP contribution in [0, 0.1) is 5.82 Å². The summed E-state index contributed by atoms with van der Waals surface area (Å²) < 4.78 is 13.6. The monoisotopic (exact) mass is 269 g/mol. The Bertz CT molecular complexity index is 429. The minimum atomic E-state index is -0.402. The summed E-state index contributed by atoms with van der Waals surface area (Å²) in [4.78, 5) is 14.0. The molecule has 0 spiro atoms. The number of rotatable bonds is 2. The molecule has 0 unspecified atom stereocenters. The average molecular weight is 270 g/mol. The molecule has 1 amide bonds. The zero-order valence-electron chi connectivity index (χ0n) is 10.5. The SMILES string of the molecule is C[C@H]1CCCCN1C(=O)Cc1c(F)cccc1Cl. The average Bonchev–Trinajstić information content (AvgIpc) is 2.34. The van der Waals surface area contributed by atoms with Gasteiger partial charge in [0.15, 0.2) is 0 Å². The standard InChI is InChI=1S/C14H17ClFNO/c1-10-5-2-3-8-17(10)14(18)9-11-12(15)6-4-7-13(11)16/h4,6-7,10H,2-3,5,8-9H2,1H3/t10-/m0/s1. The fourth-order valence-corrected chi connectivity index (χ4v) is 2.65. The first-order valence-electron chi connectivity index (χ1n) is 6.32. The van der Waals surface area contributed by atoms with Gasteiger partial charge in [0.25, 0.3) is 0 Å². The molecule has 4 heteroatoms. The second-order valence-corrected chi connectivity index (χ2v) is 5.22. The van der Waals surface area contributed by atoms with Crippen LogP contribution in [0.25, 0.3) is 0 Å². The van der Waals surface area contributed by atoms with Crippen molar-refractivity contribution in [2.24, 2.45) is 0 Å². The molecule has 0 bridgehead atoms. The van der Waals surface area contributed by atoms with Crippen molar-refractivity contribution in [3.8, 4) is 0 Å². The summed E-state index contributed by atoms with van der Waals surface area (Å²) in [6.45, 7) is 2.81. The van der Waals surface area contributed by atoms with E-state index in [9.17, 15) is 9.18 Å². The molecule has 1 saturated heterocycles. The molecule has 1 aliphatic rings. The minimum Gasteiger partial charge on any atom is -0.340 e. The van der Waals surface area contributed by atoms with Gasteiger partial charge in [-0.1, -0.05) is 17.7 Å². The highest BCUT2D eigenvalue weighted by atomic mass is 35.5. The maximum absolute atomic E-state index is 13.6. The Kier molecular flexibility index (Phi) is 4.23. The fraction of sp³-hybridized carbons (Fsp3) is 0.500. The molecule has 0 saturated carbocycles. The van der Waals surface area contributed by atoms with Gasteiger partial charge in [0.05, 0.1) is 6.42 Å². The summed E-state index contributed by atoms with van der Waals surface area (Å²) in [6.07, 6.45) is 3.26. The Labute approximate surface area is 112 Å². The third kappa shape index (κ3) is 2.83. The van der Waals surface area contributed by atoms with Crippen molar-refractivity contribution < 1.29 is 9.18 Å². The van der Waals surface area contributed by atoms with Gasteiger partial charge in [0.1, 0.15) is 5.82 Å². The van der Waals surface area contributed by atoms with E-state index in [1.807, 2.05) is 11.8 Å². The van der Waals surface area contributed by atoms with Gasteiger partial charge in [-0.2, -0.15) is 0 Å². The van der Waals surface area contributed by atoms with Crippen LogP contribution < -0.4 is 0 Å². The van der Waals surface area contributed by atoms with Gasteiger partial charge in [-0.15, -0.1) is 0 Å². The van der Waals surface area contributed by atoms with Gasteiger partial charge in [0, 0.05) is 23.2 Å². The van der Waals surface area contributed by atoms with Gasteiger partial charge in [-0.25, -0.2) is 4.39 Å². The zero-order valence-corrected chi connectivity index (χ0v) is 11.2. The van der Waals surface area contributed by atoms with Crippen LogP contribution in [0.4, 0.5) is 4.39 Å². The minimum absolute atomic E-state index is 0.0331. The van der Waals surface area contributed by atoms with Gasteiger partial charge in [0.2, 0.25) is 5.91 Å². The smallest absolute Gasteiger partial charge is 0.227 e. The maximum atomic E-state index is 13.6. The van der Waals surface area contributed by atoms with Crippen LogP contribution in [-0.2, 0) is 11.2 Å². The van der Waals surface area contributed by atoms with Gasteiger partial charge < -0.3 is 4.90 Å². The van der Waals surface area contributed by atoms with Crippen LogP contribution in [0.1, 0.15) is 31.7 Å². The summed E-state index contributed by atoms with van der Waals surface area (Å²) >= 11 is 5.94. The summed E-state index contributed by atoms with van der Waals surface area (Å²) in [6, 6.07) is 4.76. The van der Waals surface area contributed by atoms with Crippen LogP contribution in [0.15, 0.2) is 18.2 Å². The lowest BCUT2D eigenvalue weighted by atomic mass is 10.0. The van der Waals surface area contributed by atoms with Gasteiger partial charge >= 0.3 is 0 Å². The van der Waals surface area contributed by atoms with E-state index < -0.39 is 5.82 Å². The normalized spacial score (nSPS) is 19.9. The Morgan fingerprint density at radius 1 is 1.50 bits per heavy atom. The number of hydrogen-bond acceptors (Lipinski definition) is 1. The van der Waals surface area contributed by atoms with E-state index in [0.29, 0.717) is 10.6 Å². The highest BCUT2D eigenvalue weighted by Gasteiger charge is 2.24. The topological polar surface area (TPSA) is 20.3 Å². The fourth-order valence-electron chi connectivity index (χ4n) is 2.42. The highest BCUT2D eigenvalue weighted by Crippen LogP contribution is 2.22. The summed E-state index contributed by atoms with van der Waals surface area (Å²) in [5.41, 5.74) is 0.307. The predicted octanol–water partition coefficient (Wildman–Crippen LogP) is 3.42. The molecule has 1 aromatic rings. The molecule has 2 rings (SSSR count). The summed E-state index contributed by atoms with van der Waals surface area (Å²) in [5, 5.41) is 0.327. The van der Waals surface area contributed by atoms with Crippen molar-refractivity contribution in [2.45, 2.75) is 38.6 Å². The molecule has 1 atom stereocenters. The number of likely N-dealkylation sites (tertiary alicyclic amines) is 1. The molecule has 1 fully saturated rings. The van der Waals surface area contributed by atoms with E-state index >= 15 is 0 Å². The van der Waals surface area contributed by atoms with Crippen LogP contribution in [0.5, 0.6) is 0 Å². The number of carbonyl (C=O) groups is 1. The van der Waals surface area contributed by atoms with Crippen LogP contribution >= 0.6 is 11.6 Å². The van der Waals surface area contributed by atoms with Crippen molar-refractivity contribution in [1.29, 1.82) is 0 Å². The molecule has 0 aliphatic carbocycles. The molecule has 1 heterocycles. The third-order valence-corrected chi connectivity index (χ3v) is 3.87. The first-order chi connectivity index (χ1) is 8.59. The third-order valence-electron chi connectivity index (χ3n) is 3.51. The quantitative estimate of drug-likeness (QED) is 0.806. The number of carbonyl (C=O) groups excluding carboxylic acids is 1. The van der Waals surface area contributed by atoms with E-state index in [2.05, 4.69) is 0 Å². The Hall–Kier alpha value is -1.09. The summed E-state index contributed by atoms with van der Waals surface area (Å²) in [7, 11) is 0. The summed E-state index contributed by atoms with van der Waals surface area (Å²) in [5.74, 6) is -0.435. The molecular formula is C14H17ClFNO. The van der Waals surface area contributed by atoms with Gasteiger partial charge in [-0.3, -0.25) is 4.79 Å². The van der Waals surface area contributed by atoms with E-state index in [4.69, 9.17) is 11.6 Å². The number of halogens is 2. The highest BCUT2D eigenvalue weighted by molar-refractivity contribution is 6.31. The second-order valence-electron chi connectivity index (χ2n) is 4.81. The molecule has 1 aromatic carbocycles. The number of piperidine rings is 1. The van der Waals surface area contributed by atoms with Crippen molar-refractivity contribution in [2.75, 3.05) is 6.54 Å². The van der Waals surface area contributed by atoms with Crippen LogP contribution in [-0.4, -0.2) is 23.4 Å². The van der Waals surface area contributed by atoms with Crippen molar-refractivity contribution in [3.63, 3.8) is 0 Å². The zero-order chi connectivity index (χ0) is 13.1. The number of benzene rings is 1. The van der Waals surface area contributed by atoms with E-state index in [1.54, 1.807) is 12.1 Å². The first-order valence-corrected chi connectivity index (χ1v) is 6.69. The van der Waals surface area contributed by atoms with E-state index in [-0.39, 0.29) is 18.4 Å². The molecule has 0 aromatic heterocycles. The Balaban J connectivity index is 2.11. The molecule has 2 nitrogen and oxygen atoms in total. The number of nitrogens with zero attached hydrogens (tertiary/aromatic N) is 1. The van der Waals surface area contributed by atoms with E-state index in [0.717, 1.165) is 25.8 Å². The molecule has 0 N–H and O–H groups in total. The lowest BCUT2D eigenvalue weighted by Crippen LogP contribution is -2.42. The molecule has 0 radical (unpaired) electrons. The van der Waals surface area contributed by atoms with Crippen molar-refractivity contribution >= 4 is 17.5 Å². The number of amides is 1. The first kappa shape index (κ1) is 13.3. The van der Waals surface area contributed by atoms with Gasteiger partial charge in [-0.05, 0) is 38.3 Å². The number of hydrogen-bond donors (Lipinski definition) is 0. The Morgan fingerprint density at radius 3 is 2.94 bits per heavy atom.